The fourth-order valence-corrected chi connectivity index (χ4v) is 4.10. The summed E-state index contributed by atoms with van der Waals surface area (Å²) < 4.78 is 10.8. The van der Waals surface area contributed by atoms with Crippen molar-refractivity contribution in [2.24, 2.45) is 0 Å². The van der Waals surface area contributed by atoms with Crippen molar-refractivity contribution >= 4 is 58.8 Å². The predicted molar refractivity (Wildman–Crippen MR) is 136 cm³/mol. The monoisotopic (exact) mass is 540 g/mol. The molecule has 1 heterocycles. The van der Waals surface area contributed by atoms with E-state index < -0.39 is 23.8 Å². The minimum Gasteiger partial charge on any atom is -0.497 e. The molecule has 3 aromatic carbocycles. The second kappa shape index (κ2) is 10.7. The highest BCUT2D eigenvalue weighted by Gasteiger charge is 2.36. The molecule has 0 bridgehead atoms. The van der Waals surface area contributed by atoms with Crippen LogP contribution in [-0.4, -0.2) is 36.0 Å². The highest BCUT2D eigenvalue weighted by molar-refractivity contribution is 6.40. The number of carbonyl (C=O) groups excluding carboxylic acids is 3. The molecule has 0 unspecified atom stereocenters. The Kier molecular flexibility index (Phi) is 7.47. The molecule has 4 rings (SSSR count). The number of carbonyl (C=O) groups is 4. The van der Waals surface area contributed by atoms with Crippen LogP contribution in [0.3, 0.4) is 0 Å². The van der Waals surface area contributed by atoms with Gasteiger partial charge in [0.2, 0.25) is 0 Å². The number of benzene rings is 3. The maximum atomic E-state index is 13.1. The fraction of sp³-hybridized carbons (Fsp3) is 0.0769. The van der Waals surface area contributed by atoms with E-state index in [1.54, 1.807) is 24.3 Å². The summed E-state index contributed by atoms with van der Waals surface area (Å²) >= 11 is 12.7. The molecule has 0 aromatic heterocycles. The highest BCUT2D eigenvalue weighted by atomic mass is 35.5. The third-order valence-electron chi connectivity index (χ3n) is 5.35. The van der Waals surface area contributed by atoms with E-state index in [4.69, 9.17) is 37.8 Å². The maximum Gasteiger partial charge on any atom is 0.335 e. The van der Waals surface area contributed by atoms with Crippen LogP contribution >= 0.6 is 23.2 Å². The van der Waals surface area contributed by atoms with Gasteiger partial charge in [-0.25, -0.2) is 14.5 Å². The Balaban J connectivity index is 1.56. The van der Waals surface area contributed by atoms with E-state index >= 15 is 0 Å². The van der Waals surface area contributed by atoms with E-state index in [0.29, 0.717) is 16.9 Å². The molecule has 1 fully saturated rings. The molecule has 37 heavy (non-hydrogen) atoms. The van der Waals surface area contributed by atoms with Gasteiger partial charge in [-0.1, -0.05) is 35.3 Å². The minimum absolute atomic E-state index is 0.0690. The number of rotatable bonds is 7. The molecule has 2 N–H and O–H groups in total. The van der Waals surface area contributed by atoms with Crippen LogP contribution in [0.5, 0.6) is 11.5 Å². The van der Waals surface area contributed by atoms with Crippen LogP contribution in [0.25, 0.3) is 6.08 Å². The van der Waals surface area contributed by atoms with Gasteiger partial charge in [-0.15, -0.1) is 0 Å². The Morgan fingerprint density at radius 2 is 1.62 bits per heavy atom. The summed E-state index contributed by atoms with van der Waals surface area (Å²) in [7, 11) is 1.48. The van der Waals surface area contributed by atoms with Gasteiger partial charge in [0.1, 0.15) is 17.9 Å². The van der Waals surface area contributed by atoms with E-state index in [2.05, 4.69) is 5.32 Å². The smallest absolute Gasteiger partial charge is 0.335 e. The summed E-state index contributed by atoms with van der Waals surface area (Å²) in [5.41, 5.74) is 1.12. The molecule has 188 valence electrons. The molecule has 1 aliphatic rings. The van der Waals surface area contributed by atoms with E-state index in [-0.39, 0.29) is 39.2 Å². The van der Waals surface area contributed by atoms with Gasteiger partial charge in [0.15, 0.2) is 5.75 Å². The molecule has 4 amide bonds. The number of imide groups is 2. The molecule has 0 atom stereocenters. The SMILES string of the molecule is COc1ccc(N2C(=O)NC(=O)/C(=C\c3cc(Cl)c(OCc4ccc(C(=O)O)cc4)c(Cl)c3)C2=O)cc1. The summed E-state index contributed by atoms with van der Waals surface area (Å²) in [5.74, 6) is -2.02. The number of carboxylic acids is 1. The molecule has 0 saturated carbocycles. The van der Waals surface area contributed by atoms with E-state index in [1.807, 2.05) is 0 Å². The molecule has 9 nitrogen and oxygen atoms in total. The summed E-state index contributed by atoms with van der Waals surface area (Å²) in [5, 5.41) is 11.4. The lowest BCUT2D eigenvalue weighted by molar-refractivity contribution is -0.122. The van der Waals surface area contributed by atoms with Gasteiger partial charge < -0.3 is 14.6 Å². The summed E-state index contributed by atoms with van der Waals surface area (Å²) in [6.45, 7) is 0.0690. The number of nitrogens with one attached hydrogen (secondary N) is 1. The quantitative estimate of drug-likeness (QED) is 0.321. The Morgan fingerprint density at radius 3 is 2.19 bits per heavy atom. The topological polar surface area (TPSA) is 122 Å². The van der Waals surface area contributed by atoms with Crippen LogP contribution in [0.1, 0.15) is 21.5 Å². The molecule has 1 aliphatic heterocycles. The van der Waals surface area contributed by atoms with Crippen LogP contribution in [0, 0.1) is 0 Å². The third-order valence-corrected chi connectivity index (χ3v) is 5.91. The minimum atomic E-state index is -1.04. The van der Waals surface area contributed by atoms with Gasteiger partial charge in [-0.2, -0.15) is 0 Å². The van der Waals surface area contributed by atoms with Crippen molar-refractivity contribution in [1.29, 1.82) is 0 Å². The Morgan fingerprint density at radius 1 is 1.00 bits per heavy atom. The van der Waals surface area contributed by atoms with Crippen LogP contribution in [0.15, 0.2) is 66.2 Å². The zero-order valence-electron chi connectivity index (χ0n) is 19.2. The summed E-state index contributed by atoms with van der Waals surface area (Å²) in [6, 6.07) is 14.3. The van der Waals surface area contributed by atoms with Crippen molar-refractivity contribution < 1.29 is 33.8 Å². The van der Waals surface area contributed by atoms with Crippen molar-refractivity contribution in [2.75, 3.05) is 12.0 Å². The highest BCUT2D eigenvalue weighted by Crippen LogP contribution is 2.36. The van der Waals surface area contributed by atoms with E-state index in [1.165, 1.54) is 49.6 Å². The number of hydrogen-bond donors (Lipinski definition) is 2. The standard InChI is InChI=1S/C26H18Cl2N2O7/c1-36-18-8-6-17(7-9-18)30-24(32)19(23(31)29-26(30)35)10-15-11-20(27)22(21(28)12-15)37-13-14-2-4-16(5-3-14)25(33)34/h2-12H,13H2,1H3,(H,33,34)(H,29,31,35)/b19-10+. The van der Waals surface area contributed by atoms with E-state index in [9.17, 15) is 19.2 Å². The van der Waals surface area contributed by atoms with Crippen LogP contribution in [-0.2, 0) is 16.2 Å². The van der Waals surface area contributed by atoms with Crippen LogP contribution < -0.4 is 19.7 Å². The first-order valence-electron chi connectivity index (χ1n) is 10.7. The van der Waals surface area contributed by atoms with Crippen molar-refractivity contribution in [3.63, 3.8) is 0 Å². The van der Waals surface area contributed by atoms with Gasteiger partial charge in [0, 0.05) is 0 Å². The van der Waals surface area contributed by atoms with Crippen molar-refractivity contribution in [2.45, 2.75) is 6.61 Å². The first-order valence-corrected chi connectivity index (χ1v) is 11.4. The normalized spacial score (nSPS) is 14.5. The Bertz CT molecular complexity index is 1410. The van der Waals surface area contributed by atoms with Gasteiger partial charge in [0.25, 0.3) is 11.8 Å². The lowest BCUT2D eigenvalue weighted by Crippen LogP contribution is -2.54. The number of urea groups is 1. The van der Waals surface area contributed by atoms with Gasteiger partial charge in [-0.05, 0) is 65.7 Å². The predicted octanol–water partition coefficient (Wildman–Crippen LogP) is 4.95. The van der Waals surface area contributed by atoms with Gasteiger partial charge in [-0.3, -0.25) is 14.9 Å². The second-order valence-electron chi connectivity index (χ2n) is 7.76. The number of anilines is 1. The summed E-state index contributed by atoms with van der Waals surface area (Å²) in [6.07, 6.45) is 1.27. The molecule has 11 heteroatoms. The van der Waals surface area contributed by atoms with Crippen LogP contribution in [0.2, 0.25) is 10.0 Å². The molecule has 0 aliphatic carbocycles. The summed E-state index contributed by atoms with van der Waals surface area (Å²) in [4.78, 5) is 49.8. The lowest BCUT2D eigenvalue weighted by Gasteiger charge is -2.26. The number of carboxylic acid groups (broad SMARTS) is 1. The molecule has 0 radical (unpaired) electrons. The first-order chi connectivity index (χ1) is 17.7. The Labute approximate surface area is 220 Å². The van der Waals surface area contributed by atoms with Crippen molar-refractivity contribution in [1.82, 2.24) is 5.32 Å². The van der Waals surface area contributed by atoms with Crippen molar-refractivity contribution in [3.8, 4) is 11.5 Å². The average Bonchev–Trinajstić information content (AvgIpc) is 2.86. The molecule has 3 aromatic rings. The first kappa shape index (κ1) is 25.7. The molecule has 1 saturated heterocycles. The fourth-order valence-electron chi connectivity index (χ4n) is 3.49. The van der Waals surface area contributed by atoms with Crippen LogP contribution in [0.4, 0.5) is 10.5 Å². The maximum absolute atomic E-state index is 13.1. The number of halogens is 2. The van der Waals surface area contributed by atoms with Gasteiger partial charge >= 0.3 is 12.0 Å². The number of methoxy groups -OCH3 is 1. The zero-order chi connectivity index (χ0) is 26.7. The Hall–Kier alpha value is -4.34. The lowest BCUT2D eigenvalue weighted by atomic mass is 10.1. The molecule has 0 spiro atoms. The second-order valence-corrected chi connectivity index (χ2v) is 8.57. The number of amides is 4. The van der Waals surface area contributed by atoms with E-state index in [0.717, 1.165) is 4.90 Å². The number of ether oxygens (including phenoxy) is 2. The van der Waals surface area contributed by atoms with Gasteiger partial charge in [0.05, 0.1) is 28.4 Å². The largest absolute Gasteiger partial charge is 0.497 e. The number of hydrogen-bond acceptors (Lipinski definition) is 6. The zero-order valence-corrected chi connectivity index (χ0v) is 20.7. The molecular weight excluding hydrogens is 523 g/mol. The third kappa shape index (κ3) is 5.58. The molecular formula is C26H18Cl2N2O7. The van der Waals surface area contributed by atoms with Crippen molar-refractivity contribution in [3.05, 3.63) is 93.0 Å². The average molecular weight is 541 g/mol. The number of aromatic carboxylic acids is 1. The number of barbiturate groups is 1. The number of nitrogens with zero attached hydrogens (tertiary/aromatic N) is 1.